The van der Waals surface area contributed by atoms with E-state index in [0.717, 1.165) is 30.7 Å². The molecule has 1 atom stereocenters. The Morgan fingerprint density at radius 3 is 2.15 bits per heavy atom. The van der Waals surface area contributed by atoms with E-state index in [0.29, 0.717) is 0 Å². The number of nitrogens with zero attached hydrogens (tertiary/aromatic N) is 4. The molecule has 5 nitrogen and oxygen atoms in total. The summed E-state index contributed by atoms with van der Waals surface area (Å²) in [5.74, 6) is 0. The van der Waals surface area contributed by atoms with Gasteiger partial charge in [0.25, 0.3) is 0 Å². The average molecular weight is 275 g/mol. The van der Waals surface area contributed by atoms with Crippen LogP contribution in [0, 0.1) is 0 Å². The standard InChI is InChI=1S/C15H25N5/c1-6-11-8-13(19(4)17-11)10-14(16-3)15-9-12(7-2)18-20(15)5/h8-9,14,16H,6-7,10H2,1-5H3. The summed E-state index contributed by atoms with van der Waals surface area (Å²) in [5, 5.41) is 12.5. The molecule has 0 saturated heterocycles. The van der Waals surface area contributed by atoms with Crippen LogP contribution in [0.3, 0.4) is 0 Å². The molecule has 1 unspecified atom stereocenters. The van der Waals surface area contributed by atoms with E-state index in [2.05, 4.69) is 41.5 Å². The highest BCUT2D eigenvalue weighted by molar-refractivity contribution is 5.19. The molecule has 110 valence electrons. The lowest BCUT2D eigenvalue weighted by Crippen LogP contribution is -2.22. The molecule has 0 aliphatic heterocycles. The second kappa shape index (κ2) is 6.22. The van der Waals surface area contributed by atoms with Gasteiger partial charge in [0.1, 0.15) is 0 Å². The molecule has 0 amide bonds. The molecule has 5 heteroatoms. The van der Waals surface area contributed by atoms with Crippen LogP contribution in [0.1, 0.15) is 42.7 Å². The Balaban J connectivity index is 2.23. The van der Waals surface area contributed by atoms with Crippen LogP contribution < -0.4 is 5.32 Å². The largest absolute Gasteiger partial charge is 0.311 e. The van der Waals surface area contributed by atoms with Crippen molar-refractivity contribution in [2.24, 2.45) is 14.1 Å². The van der Waals surface area contributed by atoms with Crippen molar-refractivity contribution in [3.8, 4) is 0 Å². The zero-order chi connectivity index (χ0) is 14.7. The third-order valence-corrected chi connectivity index (χ3v) is 3.84. The molecule has 0 spiro atoms. The first-order valence-electron chi connectivity index (χ1n) is 7.30. The van der Waals surface area contributed by atoms with Gasteiger partial charge in [0.2, 0.25) is 0 Å². The number of rotatable bonds is 6. The predicted octanol–water partition coefficient (Wildman–Crippen LogP) is 1.78. The molecule has 0 bridgehead atoms. The molecular formula is C15H25N5. The molecule has 2 heterocycles. The van der Waals surface area contributed by atoms with E-state index in [1.807, 2.05) is 30.5 Å². The van der Waals surface area contributed by atoms with Gasteiger partial charge in [-0.1, -0.05) is 13.8 Å². The molecule has 2 aromatic rings. The Morgan fingerprint density at radius 2 is 1.65 bits per heavy atom. The Hall–Kier alpha value is -1.62. The van der Waals surface area contributed by atoms with E-state index in [1.165, 1.54) is 11.4 Å². The van der Waals surface area contributed by atoms with Crippen molar-refractivity contribution in [3.63, 3.8) is 0 Å². The fourth-order valence-electron chi connectivity index (χ4n) is 2.54. The normalized spacial score (nSPS) is 12.8. The minimum Gasteiger partial charge on any atom is -0.311 e. The molecule has 0 aliphatic rings. The monoisotopic (exact) mass is 275 g/mol. The van der Waals surface area contributed by atoms with Gasteiger partial charge in [-0.25, -0.2) is 0 Å². The lowest BCUT2D eigenvalue weighted by atomic mass is 10.1. The third-order valence-electron chi connectivity index (χ3n) is 3.84. The van der Waals surface area contributed by atoms with Crippen LogP contribution in [-0.4, -0.2) is 26.6 Å². The summed E-state index contributed by atoms with van der Waals surface area (Å²) >= 11 is 0. The SMILES string of the molecule is CCc1cc(CC(NC)c2cc(CC)nn2C)n(C)n1. The third kappa shape index (κ3) is 2.93. The van der Waals surface area contributed by atoms with E-state index >= 15 is 0 Å². The number of aryl methyl sites for hydroxylation is 4. The summed E-state index contributed by atoms with van der Waals surface area (Å²) in [6.07, 6.45) is 2.86. The molecule has 2 aromatic heterocycles. The van der Waals surface area contributed by atoms with Crippen molar-refractivity contribution < 1.29 is 0 Å². The van der Waals surface area contributed by atoms with Crippen molar-refractivity contribution in [2.45, 2.75) is 39.2 Å². The Kier molecular flexibility index (Phi) is 4.60. The molecule has 2 rings (SSSR count). The van der Waals surface area contributed by atoms with Crippen molar-refractivity contribution in [2.75, 3.05) is 7.05 Å². The zero-order valence-electron chi connectivity index (χ0n) is 13.1. The van der Waals surface area contributed by atoms with E-state index < -0.39 is 0 Å². The van der Waals surface area contributed by atoms with Crippen molar-refractivity contribution in [3.05, 3.63) is 34.9 Å². The van der Waals surface area contributed by atoms with E-state index in [1.54, 1.807) is 0 Å². The molecule has 0 aliphatic carbocycles. The van der Waals surface area contributed by atoms with Crippen LogP contribution in [0.15, 0.2) is 12.1 Å². The summed E-state index contributed by atoms with van der Waals surface area (Å²) in [4.78, 5) is 0. The van der Waals surface area contributed by atoms with E-state index in [4.69, 9.17) is 0 Å². The van der Waals surface area contributed by atoms with Gasteiger partial charge in [0.05, 0.1) is 23.1 Å². The second-order valence-electron chi connectivity index (χ2n) is 5.19. The lowest BCUT2D eigenvalue weighted by molar-refractivity contribution is 0.518. The highest BCUT2D eigenvalue weighted by Gasteiger charge is 2.17. The van der Waals surface area contributed by atoms with Gasteiger partial charge in [0.15, 0.2) is 0 Å². The molecule has 0 fully saturated rings. The van der Waals surface area contributed by atoms with Gasteiger partial charge in [-0.05, 0) is 32.0 Å². The average Bonchev–Trinajstić information content (AvgIpc) is 2.99. The minimum atomic E-state index is 0.257. The number of aromatic nitrogens is 4. The summed E-state index contributed by atoms with van der Waals surface area (Å²) in [5.41, 5.74) is 4.77. The molecule has 20 heavy (non-hydrogen) atoms. The van der Waals surface area contributed by atoms with Gasteiger partial charge in [-0.3, -0.25) is 9.36 Å². The molecular weight excluding hydrogens is 250 g/mol. The van der Waals surface area contributed by atoms with Crippen LogP contribution in [-0.2, 0) is 33.4 Å². The summed E-state index contributed by atoms with van der Waals surface area (Å²) in [6.45, 7) is 4.27. The Bertz CT molecular complexity index is 567. The zero-order valence-corrected chi connectivity index (χ0v) is 13.1. The van der Waals surface area contributed by atoms with Crippen molar-refractivity contribution in [1.82, 2.24) is 24.9 Å². The highest BCUT2D eigenvalue weighted by atomic mass is 15.3. The van der Waals surface area contributed by atoms with Crippen LogP contribution in [0.4, 0.5) is 0 Å². The predicted molar refractivity (Wildman–Crippen MR) is 80.7 cm³/mol. The number of hydrogen-bond donors (Lipinski definition) is 1. The van der Waals surface area contributed by atoms with Crippen LogP contribution in [0.25, 0.3) is 0 Å². The van der Waals surface area contributed by atoms with Gasteiger partial charge >= 0.3 is 0 Å². The maximum atomic E-state index is 4.54. The molecule has 0 aromatic carbocycles. The maximum absolute atomic E-state index is 4.54. The summed E-state index contributed by atoms with van der Waals surface area (Å²) in [6, 6.07) is 4.65. The Morgan fingerprint density at radius 1 is 1.05 bits per heavy atom. The second-order valence-corrected chi connectivity index (χ2v) is 5.19. The quantitative estimate of drug-likeness (QED) is 0.874. The van der Waals surface area contributed by atoms with Gasteiger partial charge < -0.3 is 5.32 Å². The molecule has 1 N–H and O–H groups in total. The minimum absolute atomic E-state index is 0.257. The molecule has 0 radical (unpaired) electrons. The van der Waals surface area contributed by atoms with Crippen molar-refractivity contribution in [1.29, 1.82) is 0 Å². The fraction of sp³-hybridized carbons (Fsp3) is 0.600. The summed E-state index contributed by atoms with van der Waals surface area (Å²) < 4.78 is 3.97. The first-order chi connectivity index (χ1) is 9.58. The van der Waals surface area contributed by atoms with E-state index in [-0.39, 0.29) is 6.04 Å². The number of hydrogen-bond acceptors (Lipinski definition) is 3. The smallest absolute Gasteiger partial charge is 0.0625 e. The van der Waals surface area contributed by atoms with Crippen molar-refractivity contribution >= 4 is 0 Å². The van der Waals surface area contributed by atoms with Gasteiger partial charge in [-0.2, -0.15) is 10.2 Å². The first-order valence-corrected chi connectivity index (χ1v) is 7.30. The highest BCUT2D eigenvalue weighted by Crippen LogP contribution is 2.19. The van der Waals surface area contributed by atoms with Crippen LogP contribution in [0.2, 0.25) is 0 Å². The van der Waals surface area contributed by atoms with Crippen LogP contribution in [0.5, 0.6) is 0 Å². The summed E-state index contributed by atoms with van der Waals surface area (Å²) in [7, 11) is 6.03. The number of likely N-dealkylation sites (N-methyl/N-ethyl adjacent to an activating group) is 1. The maximum Gasteiger partial charge on any atom is 0.0625 e. The van der Waals surface area contributed by atoms with Gasteiger partial charge in [0, 0.05) is 26.2 Å². The fourth-order valence-corrected chi connectivity index (χ4v) is 2.54. The first kappa shape index (κ1) is 14.8. The Labute approximate surface area is 121 Å². The topological polar surface area (TPSA) is 47.7 Å². The number of nitrogens with one attached hydrogen (secondary N) is 1. The molecule has 0 saturated carbocycles. The lowest BCUT2D eigenvalue weighted by Gasteiger charge is -2.16. The van der Waals surface area contributed by atoms with E-state index in [9.17, 15) is 0 Å². The van der Waals surface area contributed by atoms with Crippen LogP contribution >= 0.6 is 0 Å². The van der Waals surface area contributed by atoms with Gasteiger partial charge in [-0.15, -0.1) is 0 Å².